The van der Waals surface area contributed by atoms with Gasteiger partial charge in [0.1, 0.15) is 11.5 Å². The number of hydrogen-bond acceptors (Lipinski definition) is 3. The van der Waals surface area contributed by atoms with Crippen LogP contribution in [-0.4, -0.2) is 24.0 Å². The third kappa shape index (κ3) is 3.37. The van der Waals surface area contributed by atoms with Gasteiger partial charge in [0.15, 0.2) is 0 Å². The molecule has 0 radical (unpaired) electrons. The molecule has 0 saturated heterocycles. The maximum absolute atomic E-state index is 13.8. The lowest BCUT2D eigenvalue weighted by atomic mass is 10.2. The van der Waals surface area contributed by atoms with E-state index in [2.05, 4.69) is 10.3 Å². The first-order valence-electron chi connectivity index (χ1n) is 6.93. The van der Waals surface area contributed by atoms with Gasteiger partial charge in [-0.2, -0.15) is 0 Å². The second-order valence-electron chi connectivity index (χ2n) is 4.46. The van der Waals surface area contributed by atoms with Gasteiger partial charge in [-0.15, -0.1) is 0 Å². The number of halogens is 1. The monoisotopic (exact) mass is 287 g/mol. The lowest BCUT2D eigenvalue weighted by Crippen LogP contribution is -2.32. The molecule has 2 aromatic rings. The summed E-state index contributed by atoms with van der Waals surface area (Å²) in [5.41, 5.74) is 1.41. The number of pyridine rings is 1. The molecule has 1 N–H and O–H groups in total. The van der Waals surface area contributed by atoms with Crippen LogP contribution in [0.4, 0.5) is 15.8 Å². The SMILES string of the molecule is CCNc1ccc(C(=O)N(CC)c2ccccc2F)nc1. The average Bonchev–Trinajstić information content (AvgIpc) is 2.51. The van der Waals surface area contributed by atoms with Crippen LogP contribution in [-0.2, 0) is 0 Å². The Kier molecular flexibility index (Phi) is 4.87. The van der Waals surface area contributed by atoms with E-state index < -0.39 is 5.82 Å². The fraction of sp³-hybridized carbons (Fsp3) is 0.250. The smallest absolute Gasteiger partial charge is 0.276 e. The van der Waals surface area contributed by atoms with Gasteiger partial charge in [-0.1, -0.05) is 12.1 Å². The van der Waals surface area contributed by atoms with Crippen molar-refractivity contribution in [3.05, 3.63) is 54.1 Å². The summed E-state index contributed by atoms with van der Waals surface area (Å²) < 4.78 is 13.8. The molecule has 4 nitrogen and oxygen atoms in total. The van der Waals surface area contributed by atoms with Gasteiger partial charge >= 0.3 is 0 Å². The number of nitrogens with zero attached hydrogens (tertiary/aromatic N) is 2. The van der Waals surface area contributed by atoms with Crippen LogP contribution in [0.25, 0.3) is 0 Å². The van der Waals surface area contributed by atoms with E-state index in [1.807, 2.05) is 6.92 Å². The van der Waals surface area contributed by atoms with Gasteiger partial charge in [-0.05, 0) is 38.1 Å². The number of nitrogens with one attached hydrogen (secondary N) is 1. The van der Waals surface area contributed by atoms with Crippen LogP contribution in [0.2, 0.25) is 0 Å². The van der Waals surface area contributed by atoms with Crippen LogP contribution < -0.4 is 10.2 Å². The third-order valence-electron chi connectivity index (χ3n) is 3.07. The first-order valence-corrected chi connectivity index (χ1v) is 6.93. The predicted octanol–water partition coefficient (Wildman–Crippen LogP) is 3.32. The maximum Gasteiger partial charge on any atom is 0.276 e. The fourth-order valence-electron chi connectivity index (χ4n) is 2.06. The van der Waals surface area contributed by atoms with Crippen molar-refractivity contribution in [2.75, 3.05) is 23.3 Å². The molecule has 0 atom stereocenters. The van der Waals surface area contributed by atoms with Gasteiger partial charge in [0.05, 0.1) is 17.6 Å². The van der Waals surface area contributed by atoms with Crippen molar-refractivity contribution in [1.29, 1.82) is 0 Å². The highest BCUT2D eigenvalue weighted by molar-refractivity contribution is 6.04. The van der Waals surface area contributed by atoms with E-state index >= 15 is 0 Å². The molecule has 0 saturated carbocycles. The number of para-hydroxylation sites is 1. The normalized spacial score (nSPS) is 10.2. The van der Waals surface area contributed by atoms with Gasteiger partial charge in [-0.25, -0.2) is 9.37 Å². The van der Waals surface area contributed by atoms with Gasteiger partial charge in [0.2, 0.25) is 0 Å². The molecular weight excluding hydrogens is 269 g/mol. The van der Waals surface area contributed by atoms with E-state index in [0.717, 1.165) is 12.2 Å². The first kappa shape index (κ1) is 15.0. The molecule has 1 heterocycles. The van der Waals surface area contributed by atoms with Crippen LogP contribution in [0.1, 0.15) is 24.3 Å². The standard InChI is InChI=1S/C16H18FN3O/c1-3-18-12-9-10-14(19-11-12)16(21)20(4-2)15-8-6-5-7-13(15)17/h5-11,18H,3-4H2,1-2H3. The Bertz CT molecular complexity index is 613. The zero-order valence-electron chi connectivity index (χ0n) is 12.1. The van der Waals surface area contributed by atoms with Crippen molar-refractivity contribution in [2.45, 2.75) is 13.8 Å². The van der Waals surface area contributed by atoms with Crippen molar-refractivity contribution in [1.82, 2.24) is 4.98 Å². The minimum Gasteiger partial charge on any atom is -0.384 e. The second kappa shape index (κ2) is 6.83. The summed E-state index contributed by atoms with van der Waals surface area (Å²) in [7, 11) is 0. The molecule has 2 rings (SSSR count). The Morgan fingerprint density at radius 3 is 2.57 bits per heavy atom. The number of rotatable bonds is 5. The minimum atomic E-state index is -0.419. The summed E-state index contributed by atoms with van der Waals surface area (Å²) in [4.78, 5) is 18.0. The average molecular weight is 287 g/mol. The lowest BCUT2D eigenvalue weighted by Gasteiger charge is -2.21. The zero-order chi connectivity index (χ0) is 15.2. The molecule has 0 unspecified atom stereocenters. The molecule has 1 aromatic carbocycles. The van der Waals surface area contributed by atoms with E-state index in [1.54, 1.807) is 43.5 Å². The number of hydrogen-bond donors (Lipinski definition) is 1. The lowest BCUT2D eigenvalue weighted by molar-refractivity contribution is 0.0982. The highest BCUT2D eigenvalue weighted by Gasteiger charge is 2.19. The van der Waals surface area contributed by atoms with E-state index in [9.17, 15) is 9.18 Å². The van der Waals surface area contributed by atoms with Crippen LogP contribution in [0.15, 0.2) is 42.6 Å². The third-order valence-corrected chi connectivity index (χ3v) is 3.07. The number of amides is 1. The Hall–Kier alpha value is -2.43. The highest BCUT2D eigenvalue weighted by atomic mass is 19.1. The molecule has 0 aliphatic heterocycles. The molecular formula is C16H18FN3O. The number of carbonyl (C=O) groups is 1. The number of carbonyl (C=O) groups excluding carboxylic acids is 1. The van der Waals surface area contributed by atoms with Crippen molar-refractivity contribution >= 4 is 17.3 Å². The molecule has 0 aliphatic carbocycles. The Morgan fingerprint density at radius 2 is 2.00 bits per heavy atom. The summed E-state index contributed by atoms with van der Waals surface area (Å²) in [5.74, 6) is -0.734. The van der Waals surface area contributed by atoms with E-state index in [4.69, 9.17) is 0 Å². The Balaban J connectivity index is 2.26. The summed E-state index contributed by atoms with van der Waals surface area (Å²) >= 11 is 0. The number of aromatic nitrogens is 1. The van der Waals surface area contributed by atoms with Crippen LogP contribution >= 0.6 is 0 Å². The van der Waals surface area contributed by atoms with Gasteiger partial charge in [0.25, 0.3) is 5.91 Å². The zero-order valence-corrected chi connectivity index (χ0v) is 12.1. The molecule has 1 amide bonds. The van der Waals surface area contributed by atoms with Crippen LogP contribution in [0.5, 0.6) is 0 Å². The molecule has 0 fully saturated rings. The van der Waals surface area contributed by atoms with Gasteiger partial charge in [-0.3, -0.25) is 4.79 Å². The number of benzene rings is 1. The molecule has 0 spiro atoms. The molecule has 21 heavy (non-hydrogen) atoms. The Labute approximate surface area is 123 Å². The minimum absolute atomic E-state index is 0.266. The fourth-order valence-corrected chi connectivity index (χ4v) is 2.06. The Morgan fingerprint density at radius 1 is 1.24 bits per heavy atom. The van der Waals surface area contributed by atoms with Crippen molar-refractivity contribution in [3.63, 3.8) is 0 Å². The molecule has 1 aromatic heterocycles. The molecule has 5 heteroatoms. The molecule has 0 aliphatic rings. The maximum atomic E-state index is 13.8. The molecule has 110 valence electrons. The van der Waals surface area contributed by atoms with Crippen LogP contribution in [0.3, 0.4) is 0 Å². The topological polar surface area (TPSA) is 45.2 Å². The summed E-state index contributed by atoms with van der Waals surface area (Å²) in [6.07, 6.45) is 1.60. The largest absolute Gasteiger partial charge is 0.384 e. The van der Waals surface area contributed by atoms with Crippen molar-refractivity contribution in [2.24, 2.45) is 0 Å². The van der Waals surface area contributed by atoms with Crippen molar-refractivity contribution in [3.8, 4) is 0 Å². The van der Waals surface area contributed by atoms with Crippen molar-refractivity contribution < 1.29 is 9.18 Å². The van der Waals surface area contributed by atoms with E-state index in [-0.39, 0.29) is 11.6 Å². The quantitative estimate of drug-likeness (QED) is 0.917. The predicted molar refractivity (Wildman–Crippen MR) is 82.2 cm³/mol. The second-order valence-corrected chi connectivity index (χ2v) is 4.46. The van der Waals surface area contributed by atoms with Gasteiger partial charge in [0, 0.05) is 13.1 Å². The molecule has 0 bridgehead atoms. The van der Waals surface area contributed by atoms with Gasteiger partial charge < -0.3 is 10.2 Å². The van der Waals surface area contributed by atoms with E-state index in [0.29, 0.717) is 12.2 Å². The first-order chi connectivity index (χ1) is 10.2. The van der Waals surface area contributed by atoms with Crippen LogP contribution in [0, 0.1) is 5.82 Å². The highest BCUT2D eigenvalue weighted by Crippen LogP contribution is 2.20. The summed E-state index contributed by atoms with van der Waals surface area (Å²) in [6.45, 7) is 4.94. The number of anilines is 2. The summed E-state index contributed by atoms with van der Waals surface area (Å²) in [5, 5.41) is 3.11. The van der Waals surface area contributed by atoms with E-state index in [1.165, 1.54) is 11.0 Å². The summed E-state index contributed by atoms with van der Waals surface area (Å²) in [6, 6.07) is 9.66.